The van der Waals surface area contributed by atoms with Crippen molar-refractivity contribution in [1.82, 2.24) is 14.8 Å². The number of pyridine rings is 1. The highest BCUT2D eigenvalue weighted by molar-refractivity contribution is 7.91. The second kappa shape index (κ2) is 6.52. The van der Waals surface area contributed by atoms with Crippen molar-refractivity contribution in [2.24, 2.45) is 0 Å². The predicted molar refractivity (Wildman–Crippen MR) is 105 cm³/mol. The number of sulfone groups is 1. The van der Waals surface area contributed by atoms with Gasteiger partial charge in [0.15, 0.2) is 9.84 Å². The smallest absolute Gasteiger partial charge is 0.152 e. The van der Waals surface area contributed by atoms with E-state index in [1.165, 1.54) is 0 Å². The maximum absolute atomic E-state index is 11.7. The summed E-state index contributed by atoms with van der Waals surface area (Å²) in [6.45, 7) is 1.87. The van der Waals surface area contributed by atoms with E-state index in [1.54, 1.807) is 4.68 Å². The van der Waals surface area contributed by atoms with E-state index in [0.717, 1.165) is 27.9 Å². The van der Waals surface area contributed by atoms with Gasteiger partial charge in [0.25, 0.3) is 0 Å². The molecule has 0 N–H and O–H groups in total. The van der Waals surface area contributed by atoms with Gasteiger partial charge < -0.3 is 0 Å². The standard InChI is InChI=1S/C19H18ClN3O2S/c1-13-17(19(20)23(22-13)16-10-11-26(24,25)12-16)9-8-15-7-6-14-4-2-3-5-18(14)21-15/h2-9,16H,10-12H2,1H3/b9-8+. The van der Waals surface area contributed by atoms with Gasteiger partial charge in [-0.25, -0.2) is 18.1 Å². The molecule has 0 aliphatic carbocycles. The number of hydrogen-bond donors (Lipinski definition) is 0. The average Bonchev–Trinajstić information content (AvgIpc) is 3.12. The lowest BCUT2D eigenvalue weighted by Crippen LogP contribution is -2.12. The summed E-state index contributed by atoms with van der Waals surface area (Å²) in [4.78, 5) is 4.62. The van der Waals surface area contributed by atoms with E-state index in [0.29, 0.717) is 11.6 Å². The van der Waals surface area contributed by atoms with Crippen molar-refractivity contribution in [1.29, 1.82) is 0 Å². The van der Waals surface area contributed by atoms with Crippen LogP contribution >= 0.6 is 11.6 Å². The molecule has 5 nitrogen and oxygen atoms in total. The van der Waals surface area contributed by atoms with Crippen molar-refractivity contribution in [3.05, 3.63) is 58.5 Å². The SMILES string of the molecule is Cc1nn(C2CCS(=O)(=O)C2)c(Cl)c1/C=C/c1ccc2ccccc2n1. The number of halogens is 1. The third-order valence-electron chi connectivity index (χ3n) is 4.67. The van der Waals surface area contributed by atoms with E-state index in [1.807, 2.05) is 55.5 Å². The number of hydrogen-bond acceptors (Lipinski definition) is 4. The van der Waals surface area contributed by atoms with E-state index in [-0.39, 0.29) is 17.5 Å². The fraction of sp³-hybridized carbons (Fsp3) is 0.263. The van der Waals surface area contributed by atoms with Gasteiger partial charge in [0.1, 0.15) is 5.15 Å². The Morgan fingerprint density at radius 2 is 2.00 bits per heavy atom. The molecule has 134 valence electrons. The molecule has 1 unspecified atom stereocenters. The number of para-hydroxylation sites is 1. The second-order valence-electron chi connectivity index (χ2n) is 6.55. The molecule has 3 aromatic rings. The van der Waals surface area contributed by atoms with Crippen LogP contribution in [0.1, 0.15) is 29.4 Å². The van der Waals surface area contributed by atoms with Crippen LogP contribution in [0.3, 0.4) is 0 Å². The maximum atomic E-state index is 11.7. The van der Waals surface area contributed by atoms with E-state index >= 15 is 0 Å². The highest BCUT2D eigenvalue weighted by Crippen LogP contribution is 2.30. The molecule has 0 amide bonds. The Hall–Kier alpha value is -2.18. The van der Waals surface area contributed by atoms with Crippen LogP contribution in [0.25, 0.3) is 23.1 Å². The second-order valence-corrected chi connectivity index (χ2v) is 9.14. The molecule has 1 fully saturated rings. The fourth-order valence-corrected chi connectivity index (χ4v) is 5.34. The van der Waals surface area contributed by atoms with Crippen LogP contribution in [0.2, 0.25) is 5.15 Å². The molecule has 1 saturated heterocycles. The molecule has 26 heavy (non-hydrogen) atoms. The lowest BCUT2D eigenvalue weighted by atomic mass is 10.2. The van der Waals surface area contributed by atoms with Crippen molar-refractivity contribution in [2.45, 2.75) is 19.4 Å². The molecule has 4 rings (SSSR count). The van der Waals surface area contributed by atoms with Crippen LogP contribution in [0.4, 0.5) is 0 Å². The van der Waals surface area contributed by atoms with Crippen LogP contribution in [-0.4, -0.2) is 34.7 Å². The highest BCUT2D eigenvalue weighted by atomic mass is 35.5. The van der Waals surface area contributed by atoms with Gasteiger partial charge in [0.05, 0.1) is 34.5 Å². The summed E-state index contributed by atoms with van der Waals surface area (Å²) in [7, 11) is -2.99. The number of aryl methyl sites for hydroxylation is 1. The number of rotatable bonds is 3. The Kier molecular flexibility index (Phi) is 4.32. The number of nitrogens with zero attached hydrogens (tertiary/aromatic N) is 3. The van der Waals surface area contributed by atoms with Crippen molar-refractivity contribution in [3.8, 4) is 0 Å². The van der Waals surface area contributed by atoms with Gasteiger partial charge in [-0.2, -0.15) is 5.10 Å². The quantitative estimate of drug-likeness (QED) is 0.683. The molecule has 1 aliphatic heterocycles. The topological polar surface area (TPSA) is 64.8 Å². The normalized spacial score (nSPS) is 19.5. The molecular weight excluding hydrogens is 370 g/mol. The molecule has 3 heterocycles. The van der Waals surface area contributed by atoms with E-state index in [4.69, 9.17) is 11.6 Å². The summed E-state index contributed by atoms with van der Waals surface area (Å²) >= 11 is 6.50. The zero-order valence-electron chi connectivity index (χ0n) is 14.3. The lowest BCUT2D eigenvalue weighted by Gasteiger charge is -2.09. The Labute approximate surface area is 157 Å². The predicted octanol–water partition coefficient (Wildman–Crippen LogP) is 3.92. The molecule has 2 aromatic heterocycles. The summed E-state index contributed by atoms with van der Waals surface area (Å²) < 4.78 is 25.1. The zero-order valence-corrected chi connectivity index (χ0v) is 15.8. The Balaban J connectivity index is 1.64. The summed E-state index contributed by atoms with van der Waals surface area (Å²) in [5.74, 6) is 0.294. The number of fused-ring (bicyclic) bond motifs is 1. The lowest BCUT2D eigenvalue weighted by molar-refractivity contribution is 0.497. The molecule has 1 aliphatic rings. The van der Waals surface area contributed by atoms with Crippen LogP contribution in [0.15, 0.2) is 36.4 Å². The summed E-state index contributed by atoms with van der Waals surface area (Å²) in [5.41, 5.74) is 3.34. The fourth-order valence-electron chi connectivity index (χ4n) is 3.27. The van der Waals surface area contributed by atoms with Gasteiger partial charge in [-0.05, 0) is 37.6 Å². The first-order chi connectivity index (χ1) is 12.4. The summed E-state index contributed by atoms with van der Waals surface area (Å²) in [6, 6.07) is 11.7. The first-order valence-corrected chi connectivity index (χ1v) is 10.6. The molecule has 0 radical (unpaired) electrons. The Bertz CT molecular complexity index is 1120. The van der Waals surface area contributed by atoms with Gasteiger partial charge in [0.2, 0.25) is 0 Å². The van der Waals surface area contributed by atoms with Gasteiger partial charge >= 0.3 is 0 Å². The minimum absolute atomic E-state index is 0.100. The maximum Gasteiger partial charge on any atom is 0.152 e. The molecule has 7 heteroatoms. The third kappa shape index (κ3) is 3.27. The molecular formula is C19H18ClN3O2S. The molecule has 1 aromatic carbocycles. The van der Waals surface area contributed by atoms with Gasteiger partial charge in [0, 0.05) is 10.9 Å². The van der Waals surface area contributed by atoms with Crippen molar-refractivity contribution in [2.75, 3.05) is 11.5 Å². The van der Waals surface area contributed by atoms with Crippen LogP contribution < -0.4 is 0 Å². The van der Waals surface area contributed by atoms with Crippen molar-refractivity contribution < 1.29 is 8.42 Å². The zero-order chi connectivity index (χ0) is 18.3. The largest absolute Gasteiger partial charge is 0.249 e. The first kappa shape index (κ1) is 17.2. The number of benzene rings is 1. The summed E-state index contributed by atoms with van der Waals surface area (Å²) in [6.07, 6.45) is 4.35. The highest BCUT2D eigenvalue weighted by Gasteiger charge is 2.31. The monoisotopic (exact) mass is 387 g/mol. The van der Waals surface area contributed by atoms with Gasteiger partial charge in [-0.1, -0.05) is 35.9 Å². The van der Waals surface area contributed by atoms with Gasteiger partial charge in [-0.15, -0.1) is 0 Å². The first-order valence-electron chi connectivity index (χ1n) is 8.42. The summed E-state index contributed by atoms with van der Waals surface area (Å²) in [5, 5.41) is 6.03. The van der Waals surface area contributed by atoms with E-state index in [9.17, 15) is 8.42 Å². The molecule has 0 bridgehead atoms. The average molecular weight is 388 g/mol. The Morgan fingerprint density at radius 3 is 2.77 bits per heavy atom. The van der Waals surface area contributed by atoms with E-state index in [2.05, 4.69) is 10.1 Å². The molecule has 1 atom stereocenters. The van der Waals surface area contributed by atoms with Crippen molar-refractivity contribution in [3.63, 3.8) is 0 Å². The van der Waals surface area contributed by atoms with Crippen molar-refractivity contribution >= 4 is 44.5 Å². The molecule has 0 saturated carbocycles. The molecule has 0 spiro atoms. The Morgan fingerprint density at radius 1 is 1.19 bits per heavy atom. The van der Waals surface area contributed by atoms with E-state index < -0.39 is 9.84 Å². The van der Waals surface area contributed by atoms with Gasteiger partial charge in [-0.3, -0.25) is 0 Å². The third-order valence-corrected chi connectivity index (χ3v) is 6.79. The van der Waals surface area contributed by atoms with Crippen LogP contribution in [0.5, 0.6) is 0 Å². The minimum Gasteiger partial charge on any atom is -0.249 e. The van der Waals surface area contributed by atoms with Crippen LogP contribution in [-0.2, 0) is 9.84 Å². The minimum atomic E-state index is -2.99. The number of aromatic nitrogens is 3. The van der Waals surface area contributed by atoms with Crippen LogP contribution in [0, 0.1) is 6.92 Å².